The van der Waals surface area contributed by atoms with Crippen molar-refractivity contribution in [2.24, 2.45) is 17.6 Å². The molecule has 1 aliphatic heterocycles. The van der Waals surface area contributed by atoms with Crippen molar-refractivity contribution in [1.29, 1.82) is 0 Å². The number of nitrogens with zero attached hydrogens (tertiary/aromatic N) is 1. The molecule has 3 N–H and O–H groups in total. The van der Waals surface area contributed by atoms with E-state index in [0.717, 1.165) is 25.2 Å². The average molecular weight is 366 g/mol. The third-order valence-corrected chi connectivity index (χ3v) is 5.31. The summed E-state index contributed by atoms with van der Waals surface area (Å²) in [6.07, 6.45) is 0. The Morgan fingerprint density at radius 1 is 1.15 bits per heavy atom. The largest absolute Gasteiger partial charge is 0.352 e. The van der Waals surface area contributed by atoms with Gasteiger partial charge < -0.3 is 11.1 Å². The van der Waals surface area contributed by atoms with Gasteiger partial charge >= 0.3 is 0 Å². The molecule has 1 aliphatic rings. The summed E-state index contributed by atoms with van der Waals surface area (Å²) in [6, 6.07) is 18.7. The third-order valence-electron chi connectivity index (χ3n) is 5.31. The topological polar surface area (TPSA) is 58.4 Å². The summed E-state index contributed by atoms with van der Waals surface area (Å²) in [6.45, 7) is 8.46. The minimum atomic E-state index is 0.00830. The molecule has 0 aliphatic carbocycles. The maximum Gasteiger partial charge on any atom is 0.251 e. The lowest BCUT2D eigenvalue weighted by molar-refractivity contribution is 0.0949. The third kappa shape index (κ3) is 5.18. The number of likely N-dealkylation sites (tertiary alicyclic amines) is 1. The van der Waals surface area contributed by atoms with Gasteiger partial charge in [0.1, 0.15) is 0 Å². The molecule has 0 aromatic heterocycles. The predicted octanol–water partition coefficient (Wildman–Crippen LogP) is 3.25. The molecule has 1 amide bonds. The number of nitrogens with two attached hydrogens (primary N) is 1. The van der Waals surface area contributed by atoms with Crippen molar-refractivity contribution in [3.8, 4) is 0 Å². The predicted molar refractivity (Wildman–Crippen MR) is 111 cm³/mol. The van der Waals surface area contributed by atoms with Crippen molar-refractivity contribution in [2.75, 3.05) is 26.2 Å². The summed E-state index contributed by atoms with van der Waals surface area (Å²) in [5.41, 5.74) is 9.35. The molecule has 1 heterocycles. The maximum atomic E-state index is 12.3. The Hall–Kier alpha value is -2.17. The van der Waals surface area contributed by atoms with Gasteiger partial charge in [-0.2, -0.15) is 0 Å². The molecular formula is C23H31N3O. The van der Waals surface area contributed by atoms with Crippen molar-refractivity contribution >= 4 is 5.91 Å². The van der Waals surface area contributed by atoms with Crippen LogP contribution in [-0.2, 0) is 6.54 Å². The van der Waals surface area contributed by atoms with Gasteiger partial charge in [-0.05, 0) is 41.6 Å². The molecule has 2 aromatic rings. The zero-order chi connectivity index (χ0) is 19.2. The highest BCUT2D eigenvalue weighted by molar-refractivity contribution is 5.94. The lowest BCUT2D eigenvalue weighted by atomic mass is 9.89. The van der Waals surface area contributed by atoms with Crippen LogP contribution in [0.3, 0.4) is 0 Å². The van der Waals surface area contributed by atoms with E-state index in [1.54, 1.807) is 0 Å². The van der Waals surface area contributed by atoms with Crippen LogP contribution in [0.5, 0.6) is 0 Å². The van der Waals surface area contributed by atoms with E-state index in [-0.39, 0.29) is 5.91 Å². The first-order valence-corrected chi connectivity index (χ1v) is 9.91. The lowest BCUT2D eigenvalue weighted by Crippen LogP contribution is -2.27. The molecule has 4 heteroatoms. The van der Waals surface area contributed by atoms with Gasteiger partial charge in [-0.25, -0.2) is 0 Å². The first kappa shape index (κ1) is 19.6. The number of carbonyl (C=O) groups is 1. The molecule has 1 fully saturated rings. The smallest absolute Gasteiger partial charge is 0.251 e. The van der Waals surface area contributed by atoms with Crippen LogP contribution in [-0.4, -0.2) is 37.0 Å². The van der Waals surface area contributed by atoms with E-state index in [1.165, 1.54) is 11.1 Å². The minimum Gasteiger partial charge on any atom is -0.352 e. The maximum absolute atomic E-state index is 12.3. The molecule has 2 atom stereocenters. The van der Waals surface area contributed by atoms with E-state index in [9.17, 15) is 4.79 Å². The molecule has 1 saturated heterocycles. The van der Waals surface area contributed by atoms with Crippen LogP contribution in [0.25, 0.3) is 0 Å². The van der Waals surface area contributed by atoms with Crippen LogP contribution in [0.1, 0.15) is 41.3 Å². The Bertz CT molecular complexity index is 744. The minimum absolute atomic E-state index is 0.00830. The highest BCUT2D eigenvalue weighted by Gasteiger charge is 2.32. The van der Waals surface area contributed by atoms with Crippen LogP contribution in [0.15, 0.2) is 54.6 Å². The van der Waals surface area contributed by atoms with Gasteiger partial charge in [0, 0.05) is 37.7 Å². The Kier molecular flexibility index (Phi) is 6.64. The van der Waals surface area contributed by atoms with Gasteiger partial charge in [-0.1, -0.05) is 56.3 Å². The van der Waals surface area contributed by atoms with Crippen molar-refractivity contribution in [2.45, 2.75) is 26.3 Å². The van der Waals surface area contributed by atoms with Crippen molar-refractivity contribution < 1.29 is 4.79 Å². The summed E-state index contributed by atoms with van der Waals surface area (Å²) in [5.74, 6) is 1.41. The van der Waals surface area contributed by atoms with Gasteiger partial charge in [0.15, 0.2) is 0 Å². The monoisotopic (exact) mass is 365 g/mol. The van der Waals surface area contributed by atoms with E-state index < -0.39 is 0 Å². The number of carbonyl (C=O) groups excluding carboxylic acids is 1. The van der Waals surface area contributed by atoms with Crippen molar-refractivity contribution in [3.63, 3.8) is 0 Å². The summed E-state index contributed by atoms with van der Waals surface area (Å²) >= 11 is 0. The molecule has 4 nitrogen and oxygen atoms in total. The zero-order valence-electron chi connectivity index (χ0n) is 16.4. The second kappa shape index (κ2) is 9.16. The summed E-state index contributed by atoms with van der Waals surface area (Å²) < 4.78 is 0. The molecule has 2 aromatic carbocycles. The number of amides is 1. The Labute approximate surface area is 162 Å². The van der Waals surface area contributed by atoms with Crippen LogP contribution in [0.4, 0.5) is 0 Å². The van der Waals surface area contributed by atoms with E-state index in [2.05, 4.69) is 60.5 Å². The summed E-state index contributed by atoms with van der Waals surface area (Å²) in [5, 5.41) is 2.99. The number of benzene rings is 2. The molecule has 0 unspecified atom stereocenters. The standard InChI is InChI=1S/C23H31N3O/c1-17(2)13-25-23(27)20-10-6-7-18(11-20)14-26-15-21(12-24)22(16-26)19-8-4-3-5-9-19/h3-11,17,21-22H,12-16,24H2,1-2H3,(H,25,27)/t21-,22+/m1/s1. The number of hydrogen-bond acceptors (Lipinski definition) is 3. The van der Waals surface area contributed by atoms with Gasteiger partial charge in [0.05, 0.1) is 0 Å². The molecule has 27 heavy (non-hydrogen) atoms. The molecule has 0 bridgehead atoms. The van der Waals surface area contributed by atoms with Crippen LogP contribution >= 0.6 is 0 Å². The summed E-state index contributed by atoms with van der Waals surface area (Å²) in [4.78, 5) is 14.8. The van der Waals surface area contributed by atoms with Gasteiger partial charge in [0.25, 0.3) is 5.91 Å². The summed E-state index contributed by atoms with van der Waals surface area (Å²) in [7, 11) is 0. The number of rotatable bonds is 7. The number of hydrogen-bond donors (Lipinski definition) is 2. The van der Waals surface area contributed by atoms with Gasteiger partial charge in [0.2, 0.25) is 0 Å². The molecule has 144 valence electrons. The zero-order valence-corrected chi connectivity index (χ0v) is 16.4. The van der Waals surface area contributed by atoms with E-state index in [1.807, 2.05) is 18.2 Å². The van der Waals surface area contributed by atoms with Crippen molar-refractivity contribution in [1.82, 2.24) is 10.2 Å². The highest BCUT2D eigenvalue weighted by atomic mass is 16.1. The Balaban J connectivity index is 1.65. The van der Waals surface area contributed by atoms with Crippen LogP contribution in [0.2, 0.25) is 0 Å². The fourth-order valence-electron chi connectivity index (χ4n) is 3.87. The molecule has 0 spiro atoms. The lowest BCUT2D eigenvalue weighted by Gasteiger charge is -2.17. The van der Waals surface area contributed by atoms with E-state index >= 15 is 0 Å². The Morgan fingerprint density at radius 2 is 1.93 bits per heavy atom. The molecule has 3 rings (SSSR count). The SMILES string of the molecule is CC(C)CNC(=O)c1cccc(CN2C[C@@H](CN)[C@H](c3ccccc3)C2)c1. The highest BCUT2D eigenvalue weighted by Crippen LogP contribution is 2.32. The molecular weight excluding hydrogens is 334 g/mol. The molecule has 0 radical (unpaired) electrons. The van der Waals surface area contributed by atoms with Crippen molar-refractivity contribution in [3.05, 3.63) is 71.3 Å². The number of nitrogens with one attached hydrogen (secondary N) is 1. The first-order valence-electron chi connectivity index (χ1n) is 9.91. The average Bonchev–Trinajstić information content (AvgIpc) is 3.09. The fourth-order valence-corrected chi connectivity index (χ4v) is 3.87. The van der Waals surface area contributed by atoms with Gasteiger partial charge in [-0.3, -0.25) is 9.69 Å². The first-order chi connectivity index (χ1) is 13.1. The quantitative estimate of drug-likeness (QED) is 0.792. The fraction of sp³-hybridized carbons (Fsp3) is 0.435. The van der Waals surface area contributed by atoms with E-state index in [4.69, 9.17) is 5.73 Å². The normalized spacial score (nSPS) is 20.1. The van der Waals surface area contributed by atoms with Gasteiger partial charge in [-0.15, -0.1) is 0 Å². The van der Waals surface area contributed by atoms with Crippen LogP contribution < -0.4 is 11.1 Å². The second-order valence-electron chi connectivity index (χ2n) is 8.01. The second-order valence-corrected chi connectivity index (χ2v) is 8.01. The molecule has 0 saturated carbocycles. The Morgan fingerprint density at radius 3 is 2.63 bits per heavy atom. The van der Waals surface area contributed by atoms with E-state index in [0.29, 0.717) is 30.8 Å². The van der Waals surface area contributed by atoms with Crippen LogP contribution in [0, 0.1) is 11.8 Å².